The lowest BCUT2D eigenvalue weighted by Crippen LogP contribution is -2.41. The SMILES string of the molecule is CC(C)(O)C1CCC(NC(=O)c2cnc3nc(NCC(F)(F)F)ccc3c2)CC1. The molecule has 158 valence electrons. The minimum absolute atomic E-state index is 0.0452. The van der Waals surface area contributed by atoms with E-state index in [-0.39, 0.29) is 29.3 Å². The monoisotopic (exact) mass is 410 g/mol. The molecule has 1 aliphatic rings. The van der Waals surface area contributed by atoms with Crippen LogP contribution in [0.4, 0.5) is 19.0 Å². The van der Waals surface area contributed by atoms with Gasteiger partial charge in [-0.3, -0.25) is 4.79 Å². The van der Waals surface area contributed by atoms with E-state index in [4.69, 9.17) is 0 Å². The number of carbonyl (C=O) groups excluding carboxylic acids is 1. The molecule has 0 aliphatic heterocycles. The van der Waals surface area contributed by atoms with E-state index in [2.05, 4.69) is 20.6 Å². The Morgan fingerprint density at radius 2 is 1.90 bits per heavy atom. The Morgan fingerprint density at radius 3 is 2.52 bits per heavy atom. The number of hydrogen-bond donors (Lipinski definition) is 3. The lowest BCUT2D eigenvalue weighted by molar-refractivity contribution is -0.115. The number of nitrogens with one attached hydrogen (secondary N) is 2. The number of hydrogen-bond acceptors (Lipinski definition) is 5. The molecular weight excluding hydrogens is 385 g/mol. The smallest absolute Gasteiger partial charge is 0.390 e. The molecule has 0 atom stereocenters. The average Bonchev–Trinajstić information content (AvgIpc) is 2.65. The number of aliphatic hydroxyl groups is 1. The van der Waals surface area contributed by atoms with Crippen LogP contribution in [0.25, 0.3) is 11.0 Å². The molecule has 1 fully saturated rings. The van der Waals surface area contributed by atoms with Gasteiger partial charge in [0.1, 0.15) is 12.4 Å². The van der Waals surface area contributed by atoms with Crippen LogP contribution in [0.2, 0.25) is 0 Å². The van der Waals surface area contributed by atoms with Crippen molar-refractivity contribution >= 4 is 22.8 Å². The highest BCUT2D eigenvalue weighted by molar-refractivity contribution is 5.97. The van der Waals surface area contributed by atoms with E-state index in [1.165, 1.54) is 12.3 Å². The number of nitrogens with zero attached hydrogens (tertiary/aromatic N) is 2. The minimum atomic E-state index is -4.34. The van der Waals surface area contributed by atoms with Crippen LogP contribution in [-0.2, 0) is 0 Å². The highest BCUT2D eigenvalue weighted by Gasteiger charge is 2.32. The molecule has 0 aromatic carbocycles. The van der Waals surface area contributed by atoms with Crippen molar-refractivity contribution in [3.05, 3.63) is 30.0 Å². The maximum absolute atomic E-state index is 12.6. The number of alkyl halides is 3. The number of rotatable bonds is 5. The summed E-state index contributed by atoms with van der Waals surface area (Å²) in [7, 11) is 0. The van der Waals surface area contributed by atoms with Gasteiger partial charge in [0.2, 0.25) is 0 Å². The first kappa shape index (κ1) is 21.3. The zero-order valence-corrected chi connectivity index (χ0v) is 16.4. The Morgan fingerprint density at radius 1 is 1.21 bits per heavy atom. The molecule has 0 unspecified atom stereocenters. The Balaban J connectivity index is 1.62. The van der Waals surface area contributed by atoms with Crippen LogP contribution in [0.5, 0.6) is 0 Å². The van der Waals surface area contributed by atoms with Crippen molar-refractivity contribution in [2.75, 3.05) is 11.9 Å². The maximum Gasteiger partial charge on any atom is 0.405 e. The van der Waals surface area contributed by atoms with E-state index in [1.54, 1.807) is 12.1 Å². The number of pyridine rings is 2. The zero-order valence-electron chi connectivity index (χ0n) is 16.4. The fraction of sp³-hybridized carbons (Fsp3) is 0.550. The van der Waals surface area contributed by atoms with E-state index in [1.807, 2.05) is 13.8 Å². The molecule has 1 aliphatic carbocycles. The molecule has 0 radical (unpaired) electrons. The summed E-state index contributed by atoms with van der Waals surface area (Å²) in [6.45, 7) is 2.45. The van der Waals surface area contributed by atoms with Crippen LogP contribution < -0.4 is 10.6 Å². The zero-order chi connectivity index (χ0) is 21.2. The van der Waals surface area contributed by atoms with Gasteiger partial charge in [-0.15, -0.1) is 0 Å². The molecule has 9 heteroatoms. The second-order valence-electron chi connectivity index (χ2n) is 8.11. The third-order valence-corrected chi connectivity index (χ3v) is 5.34. The van der Waals surface area contributed by atoms with Crippen LogP contribution in [0, 0.1) is 5.92 Å². The van der Waals surface area contributed by atoms with Crippen LogP contribution in [0.15, 0.2) is 24.4 Å². The molecule has 2 heterocycles. The standard InChI is InChI=1S/C20H25F3N4O2/c1-19(2,29)14-4-6-15(7-5-14)26-18(28)13-9-12-3-8-16(25-11-20(21,22)23)27-17(12)24-10-13/h3,8-10,14-15,29H,4-7,11H2,1-2H3,(H,26,28)(H,24,25,27). The first-order valence-corrected chi connectivity index (χ1v) is 9.62. The summed E-state index contributed by atoms with van der Waals surface area (Å²) in [4.78, 5) is 20.7. The van der Waals surface area contributed by atoms with E-state index >= 15 is 0 Å². The molecule has 1 amide bonds. The Kier molecular flexibility index (Phi) is 5.97. The Bertz CT molecular complexity index is 872. The van der Waals surface area contributed by atoms with Gasteiger partial charge in [-0.25, -0.2) is 9.97 Å². The van der Waals surface area contributed by atoms with Gasteiger partial charge in [-0.2, -0.15) is 13.2 Å². The van der Waals surface area contributed by atoms with Gasteiger partial charge < -0.3 is 15.7 Å². The van der Waals surface area contributed by atoms with Crippen molar-refractivity contribution in [3.63, 3.8) is 0 Å². The van der Waals surface area contributed by atoms with Gasteiger partial charge in [0, 0.05) is 17.6 Å². The average molecular weight is 410 g/mol. The summed E-state index contributed by atoms with van der Waals surface area (Å²) in [5, 5.41) is 15.9. The topological polar surface area (TPSA) is 87.1 Å². The largest absolute Gasteiger partial charge is 0.405 e. The van der Waals surface area contributed by atoms with Crippen molar-refractivity contribution in [2.45, 2.75) is 57.3 Å². The third-order valence-electron chi connectivity index (χ3n) is 5.34. The molecule has 2 aromatic heterocycles. The molecule has 0 spiro atoms. The first-order chi connectivity index (χ1) is 13.5. The van der Waals surface area contributed by atoms with Gasteiger partial charge in [-0.1, -0.05) is 0 Å². The minimum Gasteiger partial charge on any atom is -0.390 e. The van der Waals surface area contributed by atoms with E-state index < -0.39 is 18.3 Å². The molecule has 2 aromatic rings. The number of fused-ring (bicyclic) bond motifs is 1. The lowest BCUT2D eigenvalue weighted by atomic mass is 9.77. The Hall–Kier alpha value is -2.42. The molecule has 6 nitrogen and oxygen atoms in total. The van der Waals surface area contributed by atoms with Gasteiger partial charge in [-0.05, 0) is 63.6 Å². The fourth-order valence-corrected chi connectivity index (χ4v) is 3.64. The molecule has 1 saturated carbocycles. The van der Waals surface area contributed by atoms with Crippen molar-refractivity contribution < 1.29 is 23.1 Å². The predicted molar refractivity (Wildman–Crippen MR) is 104 cm³/mol. The fourth-order valence-electron chi connectivity index (χ4n) is 3.64. The van der Waals surface area contributed by atoms with E-state index in [0.29, 0.717) is 10.9 Å². The normalized spacial score (nSPS) is 20.5. The van der Waals surface area contributed by atoms with Crippen molar-refractivity contribution in [1.29, 1.82) is 0 Å². The number of aromatic nitrogens is 2. The maximum atomic E-state index is 12.6. The second-order valence-corrected chi connectivity index (χ2v) is 8.11. The second kappa shape index (κ2) is 8.14. The molecule has 29 heavy (non-hydrogen) atoms. The van der Waals surface area contributed by atoms with Crippen molar-refractivity contribution in [3.8, 4) is 0 Å². The third kappa shape index (κ3) is 5.79. The predicted octanol–water partition coefficient (Wildman–Crippen LogP) is 3.66. The number of anilines is 1. The summed E-state index contributed by atoms with van der Waals surface area (Å²) < 4.78 is 36.9. The number of amides is 1. The molecule has 0 bridgehead atoms. The molecule has 3 N–H and O–H groups in total. The molecule has 0 saturated heterocycles. The molecule has 3 rings (SSSR count). The summed E-state index contributed by atoms with van der Waals surface area (Å²) in [5.74, 6) is 0.0534. The first-order valence-electron chi connectivity index (χ1n) is 9.62. The van der Waals surface area contributed by atoms with Crippen molar-refractivity contribution in [1.82, 2.24) is 15.3 Å². The van der Waals surface area contributed by atoms with Crippen molar-refractivity contribution in [2.24, 2.45) is 5.92 Å². The van der Waals surface area contributed by atoms with Gasteiger partial charge in [0.05, 0.1) is 11.2 Å². The van der Waals surface area contributed by atoms with Crippen LogP contribution in [-0.4, -0.2) is 45.3 Å². The van der Waals surface area contributed by atoms with Gasteiger partial charge in [0.25, 0.3) is 5.91 Å². The quantitative estimate of drug-likeness (QED) is 0.700. The van der Waals surface area contributed by atoms with Crippen LogP contribution in [0.3, 0.4) is 0 Å². The summed E-state index contributed by atoms with van der Waals surface area (Å²) >= 11 is 0. The number of carbonyl (C=O) groups is 1. The van der Waals surface area contributed by atoms with Gasteiger partial charge in [0.15, 0.2) is 5.65 Å². The Labute approximate surface area is 166 Å². The number of halogens is 3. The summed E-state index contributed by atoms with van der Waals surface area (Å²) in [6.07, 6.45) is 0.344. The summed E-state index contributed by atoms with van der Waals surface area (Å²) in [5.41, 5.74) is -0.0720. The van der Waals surface area contributed by atoms with Crippen LogP contribution >= 0.6 is 0 Å². The van der Waals surface area contributed by atoms with Crippen LogP contribution in [0.1, 0.15) is 49.9 Å². The van der Waals surface area contributed by atoms with Gasteiger partial charge >= 0.3 is 6.18 Å². The molecular formula is C20H25F3N4O2. The summed E-state index contributed by atoms with van der Waals surface area (Å²) in [6, 6.07) is 4.68. The highest BCUT2D eigenvalue weighted by atomic mass is 19.4. The van der Waals surface area contributed by atoms with E-state index in [0.717, 1.165) is 25.7 Å². The highest BCUT2D eigenvalue weighted by Crippen LogP contribution is 2.32. The van der Waals surface area contributed by atoms with E-state index in [9.17, 15) is 23.1 Å². The lowest BCUT2D eigenvalue weighted by Gasteiger charge is -2.36.